The second-order valence-corrected chi connectivity index (χ2v) is 6.61. The first-order valence-electron chi connectivity index (χ1n) is 9.30. The van der Waals surface area contributed by atoms with Gasteiger partial charge in [0.25, 0.3) is 11.8 Å². The Balaban J connectivity index is 1.72. The minimum Gasteiger partial charge on any atom is -0.364 e. The molecular weight excluding hydrogens is 368 g/mol. The van der Waals surface area contributed by atoms with Gasteiger partial charge in [-0.25, -0.2) is 9.97 Å². The monoisotopic (exact) mass is 388 g/mol. The molecule has 0 aliphatic carbocycles. The van der Waals surface area contributed by atoms with E-state index in [0.717, 1.165) is 29.4 Å². The van der Waals surface area contributed by atoms with Crippen LogP contribution in [0.15, 0.2) is 54.9 Å². The van der Waals surface area contributed by atoms with Crippen molar-refractivity contribution in [2.45, 2.75) is 19.8 Å². The topological polar surface area (TPSA) is 119 Å². The number of rotatable bonds is 6. The molecule has 0 atom stereocenters. The van der Waals surface area contributed by atoms with E-state index in [4.69, 9.17) is 5.73 Å². The lowest BCUT2D eigenvalue weighted by Crippen LogP contribution is -2.23. The van der Waals surface area contributed by atoms with Crippen LogP contribution in [0.2, 0.25) is 0 Å². The fourth-order valence-electron chi connectivity index (χ4n) is 3.28. The molecule has 0 spiro atoms. The number of nitrogens with two attached hydrogens (primary N) is 1. The number of carbonyl (C=O) groups is 2. The zero-order chi connectivity index (χ0) is 20.4. The summed E-state index contributed by atoms with van der Waals surface area (Å²) in [6.45, 7) is 2.07. The first-order chi connectivity index (χ1) is 14.1. The standard InChI is InChI=1S/C21H20N6O2/c1-2-7-13-8-3-4-9-14(13)24-20(29)17-18(19(22)28)27(12-23-17)21-25-15-10-5-6-11-16(15)26-21/h3-6,8-12H,2,7H2,1H3,(H2,22,28)(H,24,29)(H,25,26). The summed E-state index contributed by atoms with van der Waals surface area (Å²) in [4.78, 5) is 36.7. The number of primary amides is 1. The minimum absolute atomic E-state index is 0.0328. The Kier molecular flexibility index (Phi) is 4.82. The van der Waals surface area contributed by atoms with E-state index >= 15 is 0 Å². The maximum Gasteiger partial charge on any atom is 0.276 e. The van der Waals surface area contributed by atoms with Gasteiger partial charge in [-0.3, -0.25) is 14.2 Å². The molecule has 0 unspecified atom stereocenters. The lowest BCUT2D eigenvalue weighted by Gasteiger charge is -2.10. The van der Waals surface area contributed by atoms with Gasteiger partial charge in [-0.1, -0.05) is 43.7 Å². The van der Waals surface area contributed by atoms with Crippen LogP contribution >= 0.6 is 0 Å². The first-order valence-corrected chi connectivity index (χ1v) is 9.30. The normalized spacial score (nSPS) is 10.9. The Labute approximate surface area is 166 Å². The summed E-state index contributed by atoms with van der Waals surface area (Å²) in [6, 6.07) is 15.0. The number of amides is 2. The van der Waals surface area contributed by atoms with Crippen molar-refractivity contribution >= 4 is 28.5 Å². The number of nitrogens with one attached hydrogen (secondary N) is 2. The highest BCUT2D eigenvalue weighted by molar-refractivity contribution is 6.10. The Hall–Kier alpha value is -3.94. The van der Waals surface area contributed by atoms with Crippen molar-refractivity contribution in [3.63, 3.8) is 0 Å². The highest BCUT2D eigenvalue weighted by atomic mass is 16.2. The van der Waals surface area contributed by atoms with Crippen molar-refractivity contribution < 1.29 is 9.59 Å². The van der Waals surface area contributed by atoms with Gasteiger partial charge in [0.15, 0.2) is 5.69 Å². The van der Waals surface area contributed by atoms with Crippen LogP contribution in [0.3, 0.4) is 0 Å². The van der Waals surface area contributed by atoms with Crippen molar-refractivity contribution in [1.82, 2.24) is 19.5 Å². The number of para-hydroxylation sites is 3. The second-order valence-electron chi connectivity index (χ2n) is 6.61. The van der Waals surface area contributed by atoms with E-state index < -0.39 is 11.8 Å². The third-order valence-corrected chi connectivity index (χ3v) is 4.61. The number of hydrogen-bond donors (Lipinski definition) is 3. The zero-order valence-corrected chi connectivity index (χ0v) is 15.8. The molecule has 4 N–H and O–H groups in total. The molecule has 2 heterocycles. The van der Waals surface area contributed by atoms with E-state index in [1.807, 2.05) is 48.5 Å². The molecule has 0 aliphatic rings. The van der Waals surface area contributed by atoms with Gasteiger partial charge >= 0.3 is 0 Å². The lowest BCUT2D eigenvalue weighted by atomic mass is 10.1. The fourth-order valence-corrected chi connectivity index (χ4v) is 3.28. The highest BCUT2D eigenvalue weighted by Gasteiger charge is 2.24. The van der Waals surface area contributed by atoms with E-state index in [1.54, 1.807) is 0 Å². The molecule has 0 radical (unpaired) electrons. The summed E-state index contributed by atoms with van der Waals surface area (Å²) in [5, 5.41) is 2.85. The van der Waals surface area contributed by atoms with Crippen LogP contribution in [-0.2, 0) is 6.42 Å². The molecule has 0 saturated carbocycles. The predicted octanol–water partition coefficient (Wildman–Crippen LogP) is 3.05. The van der Waals surface area contributed by atoms with Crippen LogP contribution in [0, 0.1) is 0 Å². The maximum atomic E-state index is 12.9. The number of nitrogens with zero attached hydrogens (tertiary/aromatic N) is 3. The Morgan fingerprint density at radius 3 is 2.66 bits per heavy atom. The van der Waals surface area contributed by atoms with E-state index in [0.29, 0.717) is 11.6 Å². The van der Waals surface area contributed by atoms with Crippen LogP contribution < -0.4 is 11.1 Å². The van der Waals surface area contributed by atoms with E-state index in [1.165, 1.54) is 10.9 Å². The SMILES string of the molecule is CCCc1ccccc1NC(=O)c1ncn(-c2nc3ccccc3[nH]2)c1C(N)=O. The number of aryl methyl sites for hydroxylation is 1. The second kappa shape index (κ2) is 7.59. The molecular formula is C21H20N6O2. The Morgan fingerprint density at radius 2 is 1.90 bits per heavy atom. The Bertz CT molecular complexity index is 1170. The number of fused-ring (bicyclic) bond motifs is 1. The van der Waals surface area contributed by atoms with Crippen molar-refractivity contribution in [1.29, 1.82) is 0 Å². The summed E-state index contributed by atoms with van der Waals surface area (Å²) in [5.74, 6) is -0.912. The smallest absolute Gasteiger partial charge is 0.276 e. The van der Waals surface area contributed by atoms with Gasteiger partial charge in [-0.15, -0.1) is 0 Å². The average molecular weight is 388 g/mol. The molecule has 4 rings (SSSR count). The maximum absolute atomic E-state index is 12.9. The van der Waals surface area contributed by atoms with E-state index in [-0.39, 0.29) is 11.4 Å². The third-order valence-electron chi connectivity index (χ3n) is 4.61. The number of benzene rings is 2. The molecule has 0 fully saturated rings. The average Bonchev–Trinajstić information content (AvgIpc) is 3.33. The van der Waals surface area contributed by atoms with Crippen molar-refractivity contribution in [3.8, 4) is 5.95 Å². The molecule has 2 amide bonds. The molecule has 8 nitrogen and oxygen atoms in total. The van der Waals surface area contributed by atoms with Gasteiger partial charge in [0.1, 0.15) is 12.0 Å². The van der Waals surface area contributed by atoms with Crippen molar-refractivity contribution in [2.75, 3.05) is 5.32 Å². The van der Waals surface area contributed by atoms with Crippen LogP contribution in [0.25, 0.3) is 17.0 Å². The van der Waals surface area contributed by atoms with Gasteiger partial charge in [0.2, 0.25) is 5.95 Å². The molecule has 0 bridgehead atoms. The summed E-state index contributed by atoms with van der Waals surface area (Å²) in [7, 11) is 0. The van der Waals surface area contributed by atoms with Crippen LogP contribution in [0.5, 0.6) is 0 Å². The summed E-state index contributed by atoms with van der Waals surface area (Å²) < 4.78 is 1.40. The number of imidazole rings is 2. The number of carbonyl (C=O) groups excluding carboxylic acids is 2. The van der Waals surface area contributed by atoms with Gasteiger partial charge in [0.05, 0.1) is 11.0 Å². The largest absolute Gasteiger partial charge is 0.364 e. The first kappa shape index (κ1) is 18.4. The van der Waals surface area contributed by atoms with Crippen LogP contribution in [0.4, 0.5) is 5.69 Å². The van der Waals surface area contributed by atoms with Gasteiger partial charge < -0.3 is 16.0 Å². The quantitative estimate of drug-likeness (QED) is 0.470. The number of H-pyrrole nitrogens is 1. The molecule has 0 aliphatic heterocycles. The number of anilines is 1. The fraction of sp³-hybridized carbons (Fsp3) is 0.143. The van der Waals surface area contributed by atoms with Gasteiger partial charge in [-0.2, -0.15) is 0 Å². The van der Waals surface area contributed by atoms with Crippen LogP contribution in [0.1, 0.15) is 39.9 Å². The molecule has 29 heavy (non-hydrogen) atoms. The summed E-state index contributed by atoms with van der Waals surface area (Å²) >= 11 is 0. The molecule has 146 valence electrons. The lowest BCUT2D eigenvalue weighted by molar-refractivity contribution is 0.0970. The van der Waals surface area contributed by atoms with Crippen molar-refractivity contribution in [3.05, 3.63) is 71.8 Å². The minimum atomic E-state index is -0.769. The summed E-state index contributed by atoms with van der Waals surface area (Å²) in [6.07, 6.45) is 3.14. The van der Waals surface area contributed by atoms with E-state index in [2.05, 4.69) is 27.2 Å². The third kappa shape index (κ3) is 3.47. The number of hydrogen-bond acceptors (Lipinski definition) is 4. The van der Waals surface area contributed by atoms with Gasteiger partial charge in [0, 0.05) is 5.69 Å². The molecule has 0 saturated heterocycles. The van der Waals surface area contributed by atoms with Crippen LogP contribution in [-0.4, -0.2) is 31.3 Å². The predicted molar refractivity (Wildman–Crippen MR) is 110 cm³/mol. The highest BCUT2D eigenvalue weighted by Crippen LogP contribution is 2.20. The van der Waals surface area contributed by atoms with E-state index in [9.17, 15) is 9.59 Å². The summed E-state index contributed by atoms with van der Waals surface area (Å²) in [5.41, 5.74) is 8.72. The Morgan fingerprint density at radius 1 is 1.14 bits per heavy atom. The van der Waals surface area contributed by atoms with Gasteiger partial charge in [-0.05, 0) is 30.2 Å². The molecule has 8 heteroatoms. The van der Waals surface area contributed by atoms with Crippen molar-refractivity contribution in [2.24, 2.45) is 5.73 Å². The molecule has 2 aromatic heterocycles. The number of aromatic nitrogens is 4. The number of aromatic amines is 1. The molecule has 4 aromatic rings. The molecule has 2 aromatic carbocycles. The zero-order valence-electron chi connectivity index (χ0n) is 15.8.